The Bertz CT molecular complexity index is 403. The van der Waals surface area contributed by atoms with Crippen LogP contribution in [0.4, 0.5) is 4.79 Å². The molecule has 0 aromatic heterocycles. The second-order valence-electron chi connectivity index (χ2n) is 3.70. The highest BCUT2D eigenvalue weighted by Gasteiger charge is 2.15. The third kappa shape index (κ3) is 2.36. The van der Waals surface area contributed by atoms with Gasteiger partial charge >= 0.3 is 6.09 Å². The lowest BCUT2D eigenvalue weighted by Gasteiger charge is -2.09. The van der Waals surface area contributed by atoms with Gasteiger partial charge in [-0.15, -0.1) is 0 Å². The van der Waals surface area contributed by atoms with E-state index >= 15 is 0 Å². The van der Waals surface area contributed by atoms with E-state index in [0.717, 1.165) is 0 Å². The number of nitrogens with one attached hydrogen (secondary N) is 1. The maximum atomic E-state index is 11.3. The molecule has 2 rings (SSSR count). The second-order valence-corrected chi connectivity index (χ2v) is 3.70. The van der Waals surface area contributed by atoms with Crippen molar-refractivity contribution in [2.24, 2.45) is 0 Å². The molecule has 0 radical (unpaired) electrons. The van der Waals surface area contributed by atoms with Crippen LogP contribution in [0.1, 0.15) is 13.8 Å². The Labute approximate surface area is 93.3 Å². The van der Waals surface area contributed by atoms with Gasteiger partial charge in [0.1, 0.15) is 5.75 Å². The predicted octanol–water partition coefficient (Wildman–Crippen LogP) is 1.91. The topological polar surface area (TPSA) is 56.8 Å². The van der Waals surface area contributed by atoms with E-state index in [0.29, 0.717) is 17.2 Å². The quantitative estimate of drug-likeness (QED) is 0.832. The van der Waals surface area contributed by atoms with E-state index < -0.39 is 6.09 Å². The largest absolute Gasteiger partial charge is 0.454 e. The van der Waals surface area contributed by atoms with Gasteiger partial charge in [0, 0.05) is 12.1 Å². The van der Waals surface area contributed by atoms with Crippen molar-refractivity contribution in [3.8, 4) is 17.2 Å². The maximum Gasteiger partial charge on any atom is 0.412 e. The van der Waals surface area contributed by atoms with Gasteiger partial charge in [-0.3, -0.25) is 0 Å². The molecule has 0 fully saturated rings. The molecular weight excluding hydrogens is 210 g/mol. The van der Waals surface area contributed by atoms with Crippen LogP contribution < -0.4 is 19.5 Å². The van der Waals surface area contributed by atoms with Crippen LogP contribution in [0.5, 0.6) is 17.2 Å². The fraction of sp³-hybridized carbons (Fsp3) is 0.364. The smallest absolute Gasteiger partial charge is 0.412 e. The summed E-state index contributed by atoms with van der Waals surface area (Å²) in [6.07, 6.45) is -0.478. The van der Waals surface area contributed by atoms with Crippen LogP contribution in [0, 0.1) is 0 Å². The average molecular weight is 223 g/mol. The molecule has 1 aliphatic heterocycles. The first-order chi connectivity index (χ1) is 7.65. The summed E-state index contributed by atoms with van der Waals surface area (Å²) < 4.78 is 15.4. The van der Waals surface area contributed by atoms with Crippen LogP contribution >= 0.6 is 0 Å². The van der Waals surface area contributed by atoms with Crippen molar-refractivity contribution in [1.82, 2.24) is 5.32 Å². The number of hydrogen-bond donors (Lipinski definition) is 1. The molecule has 16 heavy (non-hydrogen) atoms. The van der Waals surface area contributed by atoms with E-state index in [-0.39, 0.29) is 12.8 Å². The molecule has 1 aliphatic rings. The summed E-state index contributed by atoms with van der Waals surface area (Å²) in [6, 6.07) is 5.04. The van der Waals surface area contributed by atoms with Crippen LogP contribution in [0.2, 0.25) is 0 Å². The minimum Gasteiger partial charge on any atom is -0.454 e. The third-order valence-electron chi connectivity index (χ3n) is 1.96. The number of hydrogen-bond acceptors (Lipinski definition) is 4. The van der Waals surface area contributed by atoms with Crippen molar-refractivity contribution >= 4 is 6.09 Å². The van der Waals surface area contributed by atoms with Gasteiger partial charge in [0.05, 0.1) is 0 Å². The van der Waals surface area contributed by atoms with Gasteiger partial charge in [0.2, 0.25) is 6.79 Å². The SMILES string of the molecule is CC(C)NC(=O)Oc1ccc2c(c1)OCO2. The standard InChI is InChI=1S/C11H13NO4/c1-7(2)12-11(13)16-8-3-4-9-10(5-8)15-6-14-9/h3-5,7H,6H2,1-2H3,(H,12,13). The lowest BCUT2D eigenvalue weighted by molar-refractivity contribution is 0.173. The Morgan fingerprint density at radius 3 is 2.88 bits per heavy atom. The van der Waals surface area contributed by atoms with Crippen molar-refractivity contribution in [3.05, 3.63) is 18.2 Å². The summed E-state index contributed by atoms with van der Waals surface area (Å²) in [5, 5.41) is 2.63. The second kappa shape index (κ2) is 4.30. The first-order valence-electron chi connectivity index (χ1n) is 5.03. The summed E-state index contributed by atoms with van der Waals surface area (Å²) >= 11 is 0. The number of rotatable bonds is 2. The summed E-state index contributed by atoms with van der Waals surface area (Å²) in [5.74, 6) is 1.69. The molecule has 5 heteroatoms. The van der Waals surface area contributed by atoms with E-state index in [1.165, 1.54) is 0 Å². The van der Waals surface area contributed by atoms with Crippen molar-refractivity contribution < 1.29 is 19.0 Å². The Kier molecular flexibility index (Phi) is 2.85. The van der Waals surface area contributed by atoms with Crippen LogP contribution in [-0.2, 0) is 0 Å². The van der Waals surface area contributed by atoms with E-state index in [9.17, 15) is 4.79 Å². The molecule has 0 aliphatic carbocycles. The predicted molar refractivity (Wildman–Crippen MR) is 56.9 cm³/mol. The van der Waals surface area contributed by atoms with Gasteiger partial charge < -0.3 is 19.5 Å². The molecule has 0 unspecified atom stereocenters. The molecule has 0 spiro atoms. The zero-order valence-electron chi connectivity index (χ0n) is 9.15. The number of amides is 1. The molecule has 86 valence electrons. The first-order valence-corrected chi connectivity index (χ1v) is 5.03. The van der Waals surface area contributed by atoms with Crippen LogP contribution in [-0.4, -0.2) is 18.9 Å². The minimum absolute atomic E-state index is 0.0431. The number of ether oxygens (including phenoxy) is 3. The maximum absolute atomic E-state index is 11.3. The van der Waals surface area contributed by atoms with Gasteiger partial charge in [0.25, 0.3) is 0 Å². The van der Waals surface area contributed by atoms with Crippen LogP contribution in [0.15, 0.2) is 18.2 Å². The zero-order valence-corrected chi connectivity index (χ0v) is 9.15. The van der Waals surface area contributed by atoms with Crippen molar-refractivity contribution in [2.45, 2.75) is 19.9 Å². The van der Waals surface area contributed by atoms with Gasteiger partial charge in [-0.05, 0) is 26.0 Å². The Morgan fingerprint density at radius 2 is 2.12 bits per heavy atom. The summed E-state index contributed by atoms with van der Waals surface area (Å²) in [7, 11) is 0. The zero-order chi connectivity index (χ0) is 11.5. The van der Waals surface area contributed by atoms with E-state index in [1.54, 1.807) is 18.2 Å². The lowest BCUT2D eigenvalue weighted by atomic mass is 10.3. The molecule has 1 amide bonds. The fourth-order valence-corrected chi connectivity index (χ4v) is 1.31. The molecule has 1 aromatic rings. The van der Waals surface area contributed by atoms with Gasteiger partial charge in [-0.1, -0.05) is 0 Å². The molecular formula is C11H13NO4. The molecule has 1 aromatic carbocycles. The van der Waals surface area contributed by atoms with Crippen LogP contribution in [0.3, 0.4) is 0 Å². The molecule has 0 saturated heterocycles. The van der Waals surface area contributed by atoms with Gasteiger partial charge in [-0.2, -0.15) is 0 Å². The fourth-order valence-electron chi connectivity index (χ4n) is 1.31. The van der Waals surface area contributed by atoms with Gasteiger partial charge in [0.15, 0.2) is 11.5 Å². The van der Waals surface area contributed by atoms with Crippen molar-refractivity contribution in [2.75, 3.05) is 6.79 Å². The normalized spacial score (nSPS) is 12.7. The van der Waals surface area contributed by atoms with Gasteiger partial charge in [-0.25, -0.2) is 4.79 Å². The molecule has 0 bridgehead atoms. The summed E-state index contributed by atoms with van der Waals surface area (Å²) in [6.45, 7) is 3.93. The van der Waals surface area contributed by atoms with Crippen molar-refractivity contribution in [1.29, 1.82) is 0 Å². The number of fused-ring (bicyclic) bond motifs is 1. The average Bonchev–Trinajstić information content (AvgIpc) is 2.63. The number of carbonyl (C=O) groups excluding carboxylic acids is 1. The molecule has 1 N–H and O–H groups in total. The Balaban J connectivity index is 2.02. The number of benzene rings is 1. The highest BCUT2D eigenvalue weighted by Crippen LogP contribution is 2.35. The lowest BCUT2D eigenvalue weighted by Crippen LogP contribution is -2.32. The van der Waals surface area contributed by atoms with E-state index in [1.807, 2.05) is 13.8 Å². The monoisotopic (exact) mass is 223 g/mol. The summed E-state index contributed by atoms with van der Waals surface area (Å²) in [5.41, 5.74) is 0. The highest BCUT2D eigenvalue weighted by molar-refractivity contribution is 5.71. The molecule has 1 heterocycles. The number of carbonyl (C=O) groups is 1. The van der Waals surface area contributed by atoms with Crippen LogP contribution in [0.25, 0.3) is 0 Å². The molecule has 5 nitrogen and oxygen atoms in total. The van der Waals surface area contributed by atoms with E-state index in [4.69, 9.17) is 14.2 Å². The van der Waals surface area contributed by atoms with Crippen molar-refractivity contribution in [3.63, 3.8) is 0 Å². The third-order valence-corrected chi connectivity index (χ3v) is 1.96. The Hall–Kier alpha value is -1.91. The molecule has 0 saturated carbocycles. The van der Waals surface area contributed by atoms with E-state index in [2.05, 4.69) is 5.32 Å². The minimum atomic E-state index is -0.478. The highest BCUT2D eigenvalue weighted by atomic mass is 16.7. The molecule has 0 atom stereocenters. The summed E-state index contributed by atoms with van der Waals surface area (Å²) in [4.78, 5) is 11.3. The Morgan fingerprint density at radius 1 is 1.38 bits per heavy atom. The first kappa shape index (κ1) is 10.6.